The Morgan fingerprint density at radius 1 is 1.27 bits per heavy atom. The number of benzene rings is 2. The van der Waals surface area contributed by atoms with Gasteiger partial charge in [-0.3, -0.25) is 0 Å². The van der Waals surface area contributed by atoms with E-state index in [0.717, 1.165) is 11.8 Å². The molecular weight excluding hydrogens is 447 g/mol. The number of aromatic nitrogens is 2. The first-order valence-electron chi connectivity index (χ1n) is 9.67. The summed E-state index contributed by atoms with van der Waals surface area (Å²) < 4.78 is 20.3. The average Bonchev–Trinajstić information content (AvgIpc) is 2.81. The largest absolute Gasteiger partial charge is 0.483 e. The van der Waals surface area contributed by atoms with E-state index in [0.29, 0.717) is 5.02 Å². The van der Waals surface area contributed by atoms with Crippen molar-refractivity contribution in [2.24, 2.45) is 5.73 Å². The Kier molecular flexibility index (Phi) is 7.77. The molecule has 0 aliphatic carbocycles. The first-order chi connectivity index (χ1) is 15.9. The molecular formula is C24H20ClFN4O3. The van der Waals surface area contributed by atoms with Gasteiger partial charge in [-0.15, -0.1) is 0 Å². The van der Waals surface area contributed by atoms with Gasteiger partial charge < -0.3 is 20.9 Å². The van der Waals surface area contributed by atoms with E-state index in [-0.39, 0.29) is 40.8 Å². The molecule has 168 valence electrons. The lowest BCUT2D eigenvalue weighted by molar-refractivity contribution is -0.132. The van der Waals surface area contributed by atoms with Crippen LogP contribution in [0.4, 0.5) is 10.2 Å². The molecule has 0 radical (unpaired) electrons. The van der Waals surface area contributed by atoms with Gasteiger partial charge in [-0.05, 0) is 29.8 Å². The number of carbonyl (C=O) groups is 1. The normalized spacial score (nSPS) is 11.7. The van der Waals surface area contributed by atoms with E-state index in [1.54, 1.807) is 0 Å². The maximum Gasteiger partial charge on any atom is 0.339 e. The molecule has 0 aliphatic rings. The summed E-state index contributed by atoms with van der Waals surface area (Å²) in [6.45, 7) is 3.79. The second-order valence-corrected chi connectivity index (χ2v) is 7.07. The Morgan fingerprint density at radius 2 is 2.03 bits per heavy atom. The van der Waals surface area contributed by atoms with Crippen LogP contribution in [0, 0.1) is 5.82 Å². The molecule has 0 unspecified atom stereocenters. The molecule has 0 amide bonds. The van der Waals surface area contributed by atoms with Gasteiger partial charge >= 0.3 is 5.97 Å². The lowest BCUT2D eigenvalue weighted by Crippen LogP contribution is -2.14. The van der Waals surface area contributed by atoms with E-state index in [9.17, 15) is 14.3 Å². The molecule has 1 heterocycles. The molecule has 4 N–H and O–H groups in total. The van der Waals surface area contributed by atoms with Gasteiger partial charge in [0.05, 0.1) is 23.0 Å². The van der Waals surface area contributed by atoms with Crippen LogP contribution in [0.25, 0.3) is 11.4 Å². The Hall–Kier alpha value is -4.17. The van der Waals surface area contributed by atoms with E-state index in [1.807, 2.05) is 30.3 Å². The van der Waals surface area contributed by atoms with Crippen molar-refractivity contribution in [2.45, 2.75) is 6.61 Å². The first-order valence-corrected chi connectivity index (χ1v) is 10.0. The third kappa shape index (κ3) is 5.96. The molecule has 2 aromatic carbocycles. The number of nitrogens with zero attached hydrogens (tertiary/aromatic N) is 2. The van der Waals surface area contributed by atoms with E-state index >= 15 is 0 Å². The van der Waals surface area contributed by atoms with Gasteiger partial charge in [0.2, 0.25) is 0 Å². The summed E-state index contributed by atoms with van der Waals surface area (Å²) in [5.74, 6) is -1.50. The summed E-state index contributed by atoms with van der Waals surface area (Å²) in [6.07, 6.45) is 5.10. The number of nitrogens with one attached hydrogen (secondary N) is 1. The number of aliphatic carboxylic acids is 1. The zero-order valence-corrected chi connectivity index (χ0v) is 18.1. The summed E-state index contributed by atoms with van der Waals surface area (Å²) in [5, 5.41) is 12.7. The van der Waals surface area contributed by atoms with Crippen molar-refractivity contribution in [3.8, 4) is 17.1 Å². The number of hydrogen-bond acceptors (Lipinski definition) is 6. The van der Waals surface area contributed by atoms with Gasteiger partial charge in [0, 0.05) is 11.2 Å². The average molecular weight is 467 g/mol. The van der Waals surface area contributed by atoms with Crippen molar-refractivity contribution in [2.75, 3.05) is 5.32 Å². The highest BCUT2D eigenvalue weighted by Crippen LogP contribution is 2.30. The molecule has 0 saturated heterocycles. The van der Waals surface area contributed by atoms with Crippen molar-refractivity contribution >= 4 is 23.4 Å². The molecule has 3 aromatic rings. The van der Waals surface area contributed by atoms with Crippen molar-refractivity contribution < 1.29 is 19.0 Å². The highest BCUT2D eigenvalue weighted by molar-refractivity contribution is 6.30. The summed E-state index contributed by atoms with van der Waals surface area (Å²) in [5.41, 5.74) is 6.34. The fourth-order valence-electron chi connectivity index (χ4n) is 2.82. The van der Waals surface area contributed by atoms with Crippen LogP contribution in [-0.4, -0.2) is 21.0 Å². The van der Waals surface area contributed by atoms with Gasteiger partial charge in [0.15, 0.2) is 17.4 Å². The molecule has 0 atom stereocenters. The number of ether oxygens (including phenoxy) is 1. The third-order valence-electron chi connectivity index (χ3n) is 4.39. The molecule has 3 rings (SSSR count). The maximum atomic E-state index is 14.4. The van der Waals surface area contributed by atoms with Gasteiger partial charge in [-0.2, -0.15) is 0 Å². The van der Waals surface area contributed by atoms with Crippen molar-refractivity contribution in [1.29, 1.82) is 0 Å². The van der Waals surface area contributed by atoms with Gasteiger partial charge in [0.1, 0.15) is 12.4 Å². The molecule has 7 nitrogen and oxygen atoms in total. The lowest BCUT2D eigenvalue weighted by Gasteiger charge is -2.16. The van der Waals surface area contributed by atoms with Gasteiger partial charge in [-0.25, -0.2) is 19.2 Å². The van der Waals surface area contributed by atoms with Crippen LogP contribution in [0.5, 0.6) is 5.75 Å². The summed E-state index contributed by atoms with van der Waals surface area (Å²) >= 11 is 6.01. The van der Waals surface area contributed by atoms with E-state index in [2.05, 4.69) is 21.9 Å². The topological polar surface area (TPSA) is 110 Å². The van der Waals surface area contributed by atoms with Gasteiger partial charge in [-0.1, -0.05) is 54.6 Å². The Bertz CT molecular complexity index is 1230. The van der Waals surface area contributed by atoms with E-state index in [4.69, 9.17) is 22.1 Å². The second-order valence-electron chi connectivity index (χ2n) is 6.63. The van der Waals surface area contributed by atoms with Crippen molar-refractivity contribution in [3.63, 3.8) is 0 Å². The second kappa shape index (κ2) is 10.9. The summed E-state index contributed by atoms with van der Waals surface area (Å²) in [7, 11) is 0. The maximum absolute atomic E-state index is 14.4. The number of rotatable bonds is 9. The Balaban J connectivity index is 2.05. The Morgan fingerprint density at radius 3 is 2.70 bits per heavy atom. The van der Waals surface area contributed by atoms with Crippen molar-refractivity contribution in [3.05, 3.63) is 107 Å². The monoisotopic (exact) mass is 466 g/mol. The van der Waals surface area contributed by atoms with Crippen LogP contribution in [0.3, 0.4) is 0 Å². The molecule has 33 heavy (non-hydrogen) atoms. The molecule has 0 spiro atoms. The Labute approximate surface area is 194 Å². The lowest BCUT2D eigenvalue weighted by atomic mass is 10.2. The molecule has 0 saturated carbocycles. The predicted octanol–water partition coefficient (Wildman–Crippen LogP) is 4.92. The molecule has 0 bridgehead atoms. The molecule has 0 aliphatic heterocycles. The van der Waals surface area contributed by atoms with Crippen LogP contribution in [-0.2, 0) is 11.4 Å². The number of hydrogen-bond donors (Lipinski definition) is 3. The zero-order valence-electron chi connectivity index (χ0n) is 17.3. The first kappa shape index (κ1) is 23.5. The number of allylic oxidation sites excluding steroid dienone is 2. The van der Waals surface area contributed by atoms with Crippen LogP contribution in [0.15, 0.2) is 90.9 Å². The number of carboxylic acid groups (broad SMARTS) is 1. The minimum atomic E-state index is -1.26. The predicted molar refractivity (Wildman–Crippen MR) is 125 cm³/mol. The fourth-order valence-corrected chi connectivity index (χ4v) is 2.99. The number of carboxylic acids is 1. The highest BCUT2D eigenvalue weighted by atomic mass is 35.5. The third-order valence-corrected chi connectivity index (χ3v) is 4.62. The molecule has 0 fully saturated rings. The number of nitrogens with two attached hydrogens (primary N) is 1. The van der Waals surface area contributed by atoms with E-state index < -0.39 is 11.8 Å². The van der Waals surface area contributed by atoms with E-state index in [1.165, 1.54) is 36.5 Å². The number of halogens is 2. The number of anilines is 1. The van der Waals surface area contributed by atoms with Crippen molar-refractivity contribution in [1.82, 2.24) is 9.97 Å². The van der Waals surface area contributed by atoms with Crippen LogP contribution in [0.1, 0.15) is 5.56 Å². The molecule has 9 heteroatoms. The van der Waals surface area contributed by atoms with Crippen LogP contribution >= 0.6 is 11.6 Å². The highest BCUT2D eigenvalue weighted by Gasteiger charge is 2.18. The van der Waals surface area contributed by atoms with Gasteiger partial charge in [0.25, 0.3) is 0 Å². The van der Waals surface area contributed by atoms with Crippen LogP contribution < -0.4 is 15.8 Å². The molecule has 1 aromatic heterocycles. The summed E-state index contributed by atoms with van der Waals surface area (Å²) in [6, 6.07) is 13.4. The smallest absolute Gasteiger partial charge is 0.339 e. The standard InChI is InChI=1S/C24H20ClFN4O3/c1-2-6-20(18(12-27)24(31)32)29-23-21(33-14-15-7-4-3-5-8-15)13-28-22(30-23)17-11-16(25)9-10-19(17)26/h2-13H,1,14,27H2,(H,31,32)(H,28,29,30)/b18-12+,20-6+. The SMILES string of the molecule is C=C/C=C(Nc1nc(-c2cc(Cl)ccc2F)ncc1OCc1ccccc1)\C(=C/N)C(=O)O. The zero-order chi connectivity index (χ0) is 23.8. The minimum Gasteiger partial charge on any atom is -0.483 e. The summed E-state index contributed by atoms with van der Waals surface area (Å²) in [4.78, 5) is 20.2. The quantitative estimate of drug-likeness (QED) is 0.303. The minimum absolute atomic E-state index is 0.0242. The van der Waals surface area contributed by atoms with Crippen LogP contribution in [0.2, 0.25) is 5.02 Å². The fraction of sp³-hybridized carbons (Fsp3) is 0.0417.